The number of nitrogens with zero attached hydrogens (tertiary/aromatic N) is 4. The van der Waals surface area contributed by atoms with Crippen LogP contribution in [0.1, 0.15) is 24.1 Å². The Morgan fingerprint density at radius 3 is 2.71 bits per heavy atom. The van der Waals surface area contributed by atoms with Gasteiger partial charge in [-0.3, -0.25) is 4.90 Å². The number of hydrogen-bond donors (Lipinski definition) is 0. The van der Waals surface area contributed by atoms with Gasteiger partial charge in [0, 0.05) is 57.0 Å². The molecule has 168 valence electrons. The molecule has 1 atom stereocenters. The van der Waals surface area contributed by atoms with Crippen LogP contribution < -0.4 is 14.4 Å². The van der Waals surface area contributed by atoms with E-state index in [1.165, 1.54) is 5.56 Å². The molecule has 0 amide bonds. The van der Waals surface area contributed by atoms with Crippen molar-refractivity contribution in [1.29, 1.82) is 0 Å². The lowest BCUT2D eigenvalue weighted by atomic mass is 10.1. The van der Waals surface area contributed by atoms with Crippen molar-refractivity contribution in [3.8, 4) is 11.5 Å². The van der Waals surface area contributed by atoms with E-state index in [4.69, 9.17) is 19.2 Å². The average molecular weight is 445 g/mol. The smallest absolute Gasteiger partial charge is 0.225 e. The van der Waals surface area contributed by atoms with E-state index in [1.807, 2.05) is 30.1 Å². The zero-order chi connectivity index (χ0) is 21.5. The molecule has 4 rings (SSSR count). The lowest BCUT2D eigenvalue weighted by molar-refractivity contribution is 0.0674. The average Bonchev–Trinajstić information content (AvgIpc) is 3.33. The summed E-state index contributed by atoms with van der Waals surface area (Å²) in [7, 11) is 3.34. The minimum Gasteiger partial charge on any atom is -0.493 e. The first kappa shape index (κ1) is 22.2. The molecular formula is C23H32N4O3S. The fourth-order valence-corrected chi connectivity index (χ4v) is 5.02. The Bertz CT molecular complexity index is 841. The van der Waals surface area contributed by atoms with Gasteiger partial charge in [-0.1, -0.05) is 6.07 Å². The highest BCUT2D eigenvalue weighted by Gasteiger charge is 2.21. The molecule has 0 spiro atoms. The summed E-state index contributed by atoms with van der Waals surface area (Å²) < 4.78 is 16.8. The minimum atomic E-state index is 0.278. The molecule has 0 radical (unpaired) electrons. The molecule has 0 saturated carbocycles. The van der Waals surface area contributed by atoms with Gasteiger partial charge in [-0.15, -0.1) is 0 Å². The molecule has 31 heavy (non-hydrogen) atoms. The summed E-state index contributed by atoms with van der Waals surface area (Å²) in [5, 5.41) is 0. The van der Waals surface area contributed by atoms with Crippen LogP contribution in [0, 0.1) is 0 Å². The number of hydrogen-bond acceptors (Lipinski definition) is 8. The topological polar surface area (TPSA) is 60.0 Å². The van der Waals surface area contributed by atoms with Crippen molar-refractivity contribution in [2.75, 3.05) is 56.9 Å². The van der Waals surface area contributed by atoms with Crippen LogP contribution in [0.3, 0.4) is 0 Å². The molecule has 0 aliphatic carbocycles. The van der Waals surface area contributed by atoms with E-state index in [0.717, 1.165) is 86.8 Å². The van der Waals surface area contributed by atoms with Crippen LogP contribution in [-0.2, 0) is 17.8 Å². The van der Waals surface area contributed by atoms with E-state index in [2.05, 4.69) is 26.9 Å². The fraction of sp³-hybridized carbons (Fsp3) is 0.565. The molecule has 3 heterocycles. The molecule has 2 fully saturated rings. The molecule has 0 bridgehead atoms. The van der Waals surface area contributed by atoms with Gasteiger partial charge in [0.15, 0.2) is 11.5 Å². The number of aromatic nitrogens is 2. The maximum Gasteiger partial charge on any atom is 0.225 e. The van der Waals surface area contributed by atoms with Crippen molar-refractivity contribution in [3.05, 3.63) is 41.7 Å². The molecule has 0 N–H and O–H groups in total. The van der Waals surface area contributed by atoms with Gasteiger partial charge in [0.2, 0.25) is 5.95 Å². The highest BCUT2D eigenvalue weighted by molar-refractivity contribution is 7.99. The lowest BCUT2D eigenvalue weighted by Gasteiger charge is -2.28. The molecule has 2 aromatic rings. The van der Waals surface area contributed by atoms with Gasteiger partial charge in [0.05, 0.1) is 26.0 Å². The van der Waals surface area contributed by atoms with Gasteiger partial charge >= 0.3 is 0 Å². The maximum absolute atomic E-state index is 5.93. The highest BCUT2D eigenvalue weighted by Crippen LogP contribution is 2.28. The van der Waals surface area contributed by atoms with Crippen molar-refractivity contribution in [2.45, 2.75) is 32.0 Å². The molecule has 1 aromatic carbocycles. The molecule has 2 aliphatic heterocycles. The Labute approximate surface area is 189 Å². The fourth-order valence-electron chi connectivity index (χ4n) is 4.12. The lowest BCUT2D eigenvalue weighted by Crippen LogP contribution is -2.34. The van der Waals surface area contributed by atoms with Crippen LogP contribution in [0.4, 0.5) is 5.95 Å². The molecule has 8 heteroatoms. The van der Waals surface area contributed by atoms with Gasteiger partial charge in [-0.05, 0) is 36.6 Å². The summed E-state index contributed by atoms with van der Waals surface area (Å²) >= 11 is 1.99. The third kappa shape index (κ3) is 6.02. The summed E-state index contributed by atoms with van der Waals surface area (Å²) in [5.41, 5.74) is 2.22. The van der Waals surface area contributed by atoms with Crippen molar-refractivity contribution in [3.63, 3.8) is 0 Å². The largest absolute Gasteiger partial charge is 0.493 e. The van der Waals surface area contributed by atoms with Gasteiger partial charge in [-0.2, -0.15) is 11.8 Å². The normalized spacial score (nSPS) is 19.1. The monoisotopic (exact) mass is 444 g/mol. The van der Waals surface area contributed by atoms with Crippen molar-refractivity contribution in [1.82, 2.24) is 14.9 Å². The molecule has 1 aromatic heterocycles. The number of methoxy groups -OCH3 is 2. The summed E-state index contributed by atoms with van der Waals surface area (Å²) in [5.74, 6) is 4.62. The quantitative estimate of drug-likeness (QED) is 0.584. The van der Waals surface area contributed by atoms with Crippen molar-refractivity contribution in [2.24, 2.45) is 0 Å². The summed E-state index contributed by atoms with van der Waals surface area (Å²) in [6, 6.07) is 8.15. The Morgan fingerprint density at radius 1 is 1.13 bits per heavy atom. The standard InChI is InChI=1S/C23H32N4O3S/c1-28-21-6-5-18(14-22(21)29-2)15-26(17-20-4-3-11-30-20)16-19-7-8-24-23(25-19)27-9-12-31-13-10-27/h5-8,14,20H,3-4,9-13,15-17H2,1-2H3/t20-/m0/s1. The van der Waals surface area contributed by atoms with Crippen LogP contribution in [-0.4, -0.2) is 72.9 Å². The predicted octanol–water partition coefficient (Wildman–Crippen LogP) is 3.23. The second kappa shape index (κ2) is 11.0. The Hall–Kier alpha value is -2.03. The molecular weight excluding hydrogens is 412 g/mol. The van der Waals surface area contributed by atoms with E-state index in [9.17, 15) is 0 Å². The van der Waals surface area contributed by atoms with E-state index < -0.39 is 0 Å². The summed E-state index contributed by atoms with van der Waals surface area (Å²) in [4.78, 5) is 14.1. The van der Waals surface area contributed by atoms with Gasteiger partial charge in [0.25, 0.3) is 0 Å². The first-order valence-electron chi connectivity index (χ1n) is 10.9. The Morgan fingerprint density at radius 2 is 1.97 bits per heavy atom. The molecule has 2 aliphatic rings. The van der Waals surface area contributed by atoms with Crippen molar-refractivity contribution >= 4 is 17.7 Å². The Kier molecular flexibility index (Phi) is 7.88. The van der Waals surface area contributed by atoms with Crippen LogP contribution in [0.15, 0.2) is 30.5 Å². The van der Waals surface area contributed by atoms with Crippen LogP contribution in [0.25, 0.3) is 0 Å². The first-order valence-corrected chi connectivity index (χ1v) is 12.1. The third-order valence-corrected chi connectivity index (χ3v) is 6.66. The van der Waals surface area contributed by atoms with Gasteiger partial charge in [-0.25, -0.2) is 9.97 Å². The van der Waals surface area contributed by atoms with Gasteiger partial charge in [0.1, 0.15) is 0 Å². The van der Waals surface area contributed by atoms with Crippen LogP contribution >= 0.6 is 11.8 Å². The number of rotatable bonds is 9. The molecule has 2 saturated heterocycles. The summed E-state index contributed by atoms with van der Waals surface area (Å²) in [6.45, 7) is 5.32. The summed E-state index contributed by atoms with van der Waals surface area (Å²) in [6.07, 6.45) is 4.42. The zero-order valence-corrected chi connectivity index (χ0v) is 19.3. The van der Waals surface area contributed by atoms with E-state index in [-0.39, 0.29) is 6.10 Å². The number of ether oxygens (including phenoxy) is 3. The third-order valence-electron chi connectivity index (χ3n) is 5.72. The van der Waals surface area contributed by atoms with Crippen LogP contribution in [0.5, 0.6) is 11.5 Å². The highest BCUT2D eigenvalue weighted by atomic mass is 32.2. The second-order valence-electron chi connectivity index (χ2n) is 7.94. The number of anilines is 1. The number of benzene rings is 1. The van der Waals surface area contributed by atoms with E-state index >= 15 is 0 Å². The minimum absolute atomic E-state index is 0.278. The van der Waals surface area contributed by atoms with Crippen molar-refractivity contribution < 1.29 is 14.2 Å². The zero-order valence-electron chi connectivity index (χ0n) is 18.5. The second-order valence-corrected chi connectivity index (χ2v) is 9.17. The predicted molar refractivity (Wildman–Crippen MR) is 124 cm³/mol. The Balaban J connectivity index is 1.50. The van der Waals surface area contributed by atoms with E-state index in [0.29, 0.717) is 0 Å². The maximum atomic E-state index is 5.93. The molecule has 7 nitrogen and oxygen atoms in total. The van der Waals surface area contributed by atoms with Gasteiger partial charge < -0.3 is 19.1 Å². The SMILES string of the molecule is COc1ccc(CN(Cc2ccnc(N3CCSCC3)n2)C[C@@H]2CCCO2)cc1OC. The molecule has 0 unspecified atom stereocenters. The number of thioether (sulfide) groups is 1. The van der Waals surface area contributed by atoms with Crippen LogP contribution in [0.2, 0.25) is 0 Å². The van der Waals surface area contributed by atoms with E-state index in [1.54, 1.807) is 14.2 Å². The first-order chi connectivity index (χ1) is 15.2.